The second-order valence-electron chi connectivity index (χ2n) is 18.4. The summed E-state index contributed by atoms with van der Waals surface area (Å²) in [5.74, 6) is -3.28. The van der Waals surface area contributed by atoms with Crippen LogP contribution < -0.4 is 10.2 Å². The number of aryl methyl sites for hydroxylation is 5. The molecule has 2 atom stereocenters. The Labute approximate surface area is 376 Å². The Balaban J connectivity index is 0.000000160. The lowest BCUT2D eigenvalue weighted by Gasteiger charge is -2.40. The summed E-state index contributed by atoms with van der Waals surface area (Å²) in [5, 5.41) is 11.0. The maximum Gasteiger partial charge on any atom is 0.252 e. The third-order valence-corrected chi connectivity index (χ3v) is 13.7. The van der Waals surface area contributed by atoms with Crippen LogP contribution in [0.15, 0.2) is 63.6 Å². The van der Waals surface area contributed by atoms with E-state index in [1.807, 2.05) is 73.2 Å². The van der Waals surface area contributed by atoms with E-state index in [-0.39, 0.29) is 49.6 Å². The monoisotopic (exact) mass is 908 g/mol. The highest BCUT2D eigenvalue weighted by Gasteiger charge is 2.49. The highest BCUT2D eigenvalue weighted by Crippen LogP contribution is 2.50. The molecule has 12 nitrogen and oxygen atoms in total. The number of benzene rings is 3. The van der Waals surface area contributed by atoms with Gasteiger partial charge in [0.2, 0.25) is 11.8 Å². The summed E-state index contributed by atoms with van der Waals surface area (Å²) < 4.78 is 84.2. The maximum absolute atomic E-state index is 14.5. The van der Waals surface area contributed by atoms with Gasteiger partial charge in [0, 0.05) is 67.4 Å². The van der Waals surface area contributed by atoms with Crippen LogP contribution in [0.2, 0.25) is 0 Å². The summed E-state index contributed by atoms with van der Waals surface area (Å²) in [4.78, 5) is 36.4. The lowest BCUT2D eigenvalue weighted by Crippen LogP contribution is -2.42. The van der Waals surface area contributed by atoms with E-state index in [9.17, 15) is 31.5 Å². The van der Waals surface area contributed by atoms with E-state index in [1.54, 1.807) is 24.0 Å². The molecule has 4 aromatic heterocycles. The minimum atomic E-state index is -2.72. The normalized spacial score (nSPS) is 20.8. The van der Waals surface area contributed by atoms with Gasteiger partial charge in [0.1, 0.15) is 29.0 Å². The van der Waals surface area contributed by atoms with E-state index in [0.29, 0.717) is 59.9 Å². The predicted octanol–water partition coefficient (Wildman–Crippen LogP) is 11.6. The fourth-order valence-electron chi connectivity index (χ4n) is 10.4. The topological polar surface area (TPSA) is 137 Å². The molecule has 2 amide bonds. The fraction of sp³-hybridized carbons (Fsp3) is 0.429. The predicted molar refractivity (Wildman–Crippen MR) is 236 cm³/mol. The minimum Gasteiger partial charge on any atom is -0.361 e. The van der Waals surface area contributed by atoms with Gasteiger partial charge < -0.3 is 28.4 Å². The number of nitrogens with zero attached hydrogens (tertiary/aromatic N) is 7. The second kappa shape index (κ2) is 16.2. The molecule has 11 rings (SSSR count). The van der Waals surface area contributed by atoms with Crippen LogP contribution in [0.4, 0.5) is 27.6 Å². The summed E-state index contributed by atoms with van der Waals surface area (Å²) >= 11 is 0. The quantitative estimate of drug-likeness (QED) is 0.156. The van der Waals surface area contributed by atoms with Crippen molar-refractivity contribution < 1.29 is 40.6 Å². The second-order valence-corrected chi connectivity index (χ2v) is 18.4. The van der Waals surface area contributed by atoms with Crippen molar-refractivity contribution in [3.63, 3.8) is 0 Å². The van der Waals surface area contributed by atoms with Crippen molar-refractivity contribution in [2.75, 3.05) is 4.90 Å². The smallest absolute Gasteiger partial charge is 0.252 e. The van der Waals surface area contributed by atoms with Crippen LogP contribution in [0.1, 0.15) is 128 Å². The molecule has 2 saturated carbocycles. The minimum absolute atomic E-state index is 0.0183. The summed E-state index contributed by atoms with van der Waals surface area (Å²) in [6.45, 7) is 9.11. The molecule has 0 unspecified atom stereocenters. The van der Waals surface area contributed by atoms with Gasteiger partial charge >= 0.3 is 0 Å². The first-order chi connectivity index (χ1) is 31.4. The van der Waals surface area contributed by atoms with Crippen LogP contribution in [0.3, 0.4) is 0 Å². The van der Waals surface area contributed by atoms with Gasteiger partial charge in [0.25, 0.3) is 11.8 Å². The number of alkyl halides is 4. The molecule has 0 bridgehead atoms. The standard InChI is InChI=1S/C28H27F3N4O2.C21H22F2N4O2/c1-15-7-9-19(12-21(15)29)34-24(5-4-6-25(34)36)27-32-22-11-18(26-16(2)33-37-17(26)3)8-10-23(22)35(27)20-13-28(30,31)14-20;1-11-19(12(2)29-26-11)13-6-7-17-16(8-13)25-20(15-4-3-5-18(28)24-15)27(17)14-9-21(22,23)10-14/h7-12,20,24H,4-6,13-14H2,1-3H3;6-8,14-15H,3-5,9-10H2,1-2H3,(H,24,28)/t24-;15-/m00/s1. The van der Waals surface area contributed by atoms with Crippen molar-refractivity contribution in [2.24, 2.45) is 0 Å². The summed E-state index contributed by atoms with van der Waals surface area (Å²) in [6, 6.07) is 14.8. The van der Waals surface area contributed by atoms with Gasteiger partial charge in [-0.05, 0) is 113 Å². The first kappa shape index (κ1) is 43.5. The van der Waals surface area contributed by atoms with E-state index < -0.39 is 29.7 Å². The van der Waals surface area contributed by atoms with E-state index in [0.717, 1.165) is 68.8 Å². The van der Waals surface area contributed by atoms with Gasteiger partial charge in [0.15, 0.2) is 0 Å². The molecule has 0 radical (unpaired) electrons. The van der Waals surface area contributed by atoms with Gasteiger partial charge in [-0.15, -0.1) is 0 Å². The number of hydrogen-bond acceptors (Lipinski definition) is 8. The Hall–Kier alpha value is -6.39. The Kier molecular flexibility index (Phi) is 10.7. The van der Waals surface area contributed by atoms with Crippen LogP contribution in [0.25, 0.3) is 44.3 Å². The Morgan fingerprint density at radius 3 is 1.70 bits per heavy atom. The zero-order valence-electron chi connectivity index (χ0n) is 37.2. The number of piperidine rings is 2. The molecule has 3 aromatic carbocycles. The molecule has 2 aliphatic carbocycles. The number of fused-ring (bicyclic) bond motifs is 2. The van der Waals surface area contributed by atoms with Crippen LogP contribution in [-0.2, 0) is 9.59 Å². The molecule has 2 saturated heterocycles. The number of carbonyl (C=O) groups is 2. The summed E-state index contributed by atoms with van der Waals surface area (Å²) in [6.07, 6.45) is 2.65. The SMILES string of the molecule is Cc1ccc(N2C(=O)CCC[C@H]2c2nc3cc(-c4c(C)noc4C)ccc3n2C2CC(F)(F)C2)cc1F.Cc1noc(C)c1-c1ccc2c(c1)nc([C@@H]1CCCC(=O)N1)n2C1CC(F)(F)C1. The molecule has 2 aliphatic heterocycles. The number of imidazole rings is 2. The molecule has 66 heavy (non-hydrogen) atoms. The van der Waals surface area contributed by atoms with E-state index in [1.165, 1.54) is 6.07 Å². The van der Waals surface area contributed by atoms with Crippen LogP contribution in [0.5, 0.6) is 0 Å². The molecule has 1 N–H and O–H groups in total. The van der Waals surface area contributed by atoms with Crippen molar-refractivity contribution in [1.82, 2.24) is 34.7 Å². The molecule has 6 heterocycles. The van der Waals surface area contributed by atoms with Crippen LogP contribution in [-0.4, -0.2) is 53.1 Å². The lowest BCUT2D eigenvalue weighted by atomic mass is 9.87. The first-order valence-electron chi connectivity index (χ1n) is 22.5. The molecule has 0 spiro atoms. The molecule has 17 heteroatoms. The number of amides is 2. The lowest BCUT2D eigenvalue weighted by molar-refractivity contribution is -0.124. The summed E-state index contributed by atoms with van der Waals surface area (Å²) in [7, 11) is 0. The van der Waals surface area contributed by atoms with Crippen molar-refractivity contribution in [2.45, 2.75) is 135 Å². The first-order valence-corrected chi connectivity index (χ1v) is 22.5. The molecule has 344 valence electrons. The molecular formula is C49H49F5N8O4. The van der Waals surface area contributed by atoms with Gasteiger partial charge in [-0.3, -0.25) is 9.59 Å². The Morgan fingerprint density at radius 1 is 0.667 bits per heavy atom. The third-order valence-electron chi connectivity index (χ3n) is 13.7. The molecule has 4 fully saturated rings. The highest BCUT2D eigenvalue weighted by atomic mass is 19.3. The van der Waals surface area contributed by atoms with Gasteiger partial charge in [0.05, 0.1) is 45.5 Å². The molecule has 7 aromatic rings. The zero-order chi connectivity index (χ0) is 46.4. The molecular weight excluding hydrogens is 860 g/mol. The number of hydrogen-bond donors (Lipinski definition) is 1. The Bertz CT molecular complexity index is 3000. The summed E-state index contributed by atoms with van der Waals surface area (Å²) in [5.41, 5.74) is 9.00. The van der Waals surface area contributed by atoms with E-state index in [2.05, 4.69) is 15.6 Å². The van der Waals surface area contributed by atoms with Crippen LogP contribution >= 0.6 is 0 Å². The van der Waals surface area contributed by atoms with Crippen molar-refractivity contribution in [3.8, 4) is 22.3 Å². The van der Waals surface area contributed by atoms with Gasteiger partial charge in [-0.2, -0.15) is 0 Å². The van der Waals surface area contributed by atoms with Crippen molar-refractivity contribution >= 4 is 39.6 Å². The number of anilines is 1. The van der Waals surface area contributed by atoms with Gasteiger partial charge in [-0.25, -0.2) is 31.9 Å². The number of aromatic nitrogens is 6. The maximum atomic E-state index is 14.5. The molecule has 4 aliphatic rings. The van der Waals surface area contributed by atoms with Gasteiger partial charge in [-0.1, -0.05) is 28.5 Å². The zero-order valence-corrected chi connectivity index (χ0v) is 37.2. The van der Waals surface area contributed by atoms with Crippen molar-refractivity contribution in [3.05, 3.63) is 101 Å². The largest absolute Gasteiger partial charge is 0.361 e. The number of rotatable bonds is 7. The Morgan fingerprint density at radius 2 is 1.20 bits per heavy atom. The van der Waals surface area contributed by atoms with Crippen molar-refractivity contribution in [1.29, 1.82) is 0 Å². The average Bonchev–Trinajstić information content (AvgIpc) is 4.01. The number of nitrogens with one attached hydrogen (secondary N) is 1. The van der Waals surface area contributed by atoms with E-state index in [4.69, 9.17) is 19.0 Å². The fourth-order valence-corrected chi connectivity index (χ4v) is 10.4. The van der Waals surface area contributed by atoms with E-state index >= 15 is 0 Å². The van der Waals surface area contributed by atoms with Crippen LogP contribution in [0, 0.1) is 40.4 Å². The third kappa shape index (κ3) is 7.72. The number of halogens is 5. The average molecular weight is 909 g/mol. The highest BCUT2D eigenvalue weighted by molar-refractivity contribution is 5.95. The number of carbonyl (C=O) groups excluding carboxylic acids is 2.